The van der Waals surface area contributed by atoms with Gasteiger partial charge < -0.3 is 4.57 Å². The third kappa shape index (κ3) is 6.76. The SMILES string of the molecule is CCCCCCCCn1c(C)cnc1BC(=Cc1ccccc1Cl)c1ccccc1Cl. The molecule has 2 nitrogen and oxygen atoms in total. The lowest BCUT2D eigenvalue weighted by Crippen LogP contribution is -2.28. The summed E-state index contributed by atoms with van der Waals surface area (Å²) in [5.41, 5.74) is 5.42. The number of imidazole rings is 1. The molecular formula is C26H31BCl2N2. The molecule has 0 atom stereocenters. The molecule has 0 bridgehead atoms. The highest BCUT2D eigenvalue weighted by Gasteiger charge is 2.15. The fourth-order valence-corrected chi connectivity index (χ4v) is 4.35. The first-order chi connectivity index (χ1) is 15.1. The van der Waals surface area contributed by atoms with Gasteiger partial charge in [-0.2, -0.15) is 0 Å². The molecule has 0 saturated carbocycles. The Balaban J connectivity index is 1.84. The lowest BCUT2D eigenvalue weighted by atomic mass is 9.65. The van der Waals surface area contributed by atoms with Gasteiger partial charge in [0, 0.05) is 28.5 Å². The molecule has 0 aliphatic heterocycles. The van der Waals surface area contributed by atoms with Crippen molar-refractivity contribution in [1.29, 1.82) is 0 Å². The van der Waals surface area contributed by atoms with E-state index >= 15 is 0 Å². The maximum atomic E-state index is 6.58. The Morgan fingerprint density at radius 2 is 1.61 bits per heavy atom. The van der Waals surface area contributed by atoms with Crippen LogP contribution >= 0.6 is 23.2 Å². The second-order valence-corrected chi connectivity index (χ2v) is 8.90. The molecule has 0 fully saturated rings. The van der Waals surface area contributed by atoms with E-state index < -0.39 is 0 Å². The Kier molecular flexibility index (Phi) is 9.30. The van der Waals surface area contributed by atoms with Crippen molar-refractivity contribution in [2.45, 2.75) is 58.9 Å². The van der Waals surface area contributed by atoms with Crippen LogP contribution in [0.2, 0.25) is 10.0 Å². The zero-order valence-corrected chi connectivity index (χ0v) is 20.1. The smallest absolute Gasteiger partial charge is 0.239 e. The summed E-state index contributed by atoms with van der Waals surface area (Å²) in [6.45, 7) is 5.41. The van der Waals surface area contributed by atoms with Gasteiger partial charge >= 0.3 is 0 Å². The second-order valence-electron chi connectivity index (χ2n) is 8.08. The maximum Gasteiger partial charge on any atom is 0.239 e. The molecule has 2 aromatic carbocycles. The van der Waals surface area contributed by atoms with Gasteiger partial charge in [0.2, 0.25) is 7.28 Å². The summed E-state index contributed by atoms with van der Waals surface area (Å²) in [5, 5.41) is 1.48. The molecule has 0 aliphatic rings. The molecule has 1 aromatic heterocycles. The largest absolute Gasteiger partial charge is 0.340 e. The van der Waals surface area contributed by atoms with Gasteiger partial charge in [-0.1, -0.05) is 110 Å². The highest BCUT2D eigenvalue weighted by atomic mass is 35.5. The van der Waals surface area contributed by atoms with Crippen molar-refractivity contribution in [3.05, 3.63) is 81.6 Å². The van der Waals surface area contributed by atoms with Gasteiger partial charge in [0.1, 0.15) is 0 Å². The molecule has 3 aromatic rings. The fraction of sp³-hybridized carbons (Fsp3) is 0.346. The molecule has 3 rings (SSSR count). The number of unbranched alkanes of at least 4 members (excludes halogenated alkanes) is 5. The molecule has 31 heavy (non-hydrogen) atoms. The Hall–Kier alpha value is -1.97. The molecule has 0 saturated heterocycles. The number of benzene rings is 2. The minimum atomic E-state index is 0.707. The van der Waals surface area contributed by atoms with E-state index in [4.69, 9.17) is 28.2 Å². The summed E-state index contributed by atoms with van der Waals surface area (Å²) < 4.78 is 2.36. The van der Waals surface area contributed by atoms with Crippen LogP contribution in [0.15, 0.2) is 54.7 Å². The van der Waals surface area contributed by atoms with Gasteiger partial charge in [0.05, 0.1) is 5.72 Å². The Morgan fingerprint density at radius 1 is 0.935 bits per heavy atom. The predicted octanol–water partition coefficient (Wildman–Crippen LogP) is 7.12. The number of rotatable bonds is 11. The fourth-order valence-electron chi connectivity index (χ4n) is 3.90. The predicted molar refractivity (Wildman–Crippen MR) is 138 cm³/mol. The average Bonchev–Trinajstić information content (AvgIpc) is 3.11. The number of halogens is 2. The molecule has 0 amide bonds. The number of aromatic nitrogens is 2. The first-order valence-electron chi connectivity index (χ1n) is 11.3. The third-order valence-corrected chi connectivity index (χ3v) is 6.35. The van der Waals surface area contributed by atoms with Crippen molar-refractivity contribution >= 4 is 47.8 Å². The minimum absolute atomic E-state index is 0.707. The molecule has 5 heteroatoms. The van der Waals surface area contributed by atoms with Gasteiger partial charge in [-0.05, 0) is 36.6 Å². The van der Waals surface area contributed by atoms with E-state index in [9.17, 15) is 0 Å². The van der Waals surface area contributed by atoms with Crippen molar-refractivity contribution in [3.63, 3.8) is 0 Å². The number of hydrogen-bond acceptors (Lipinski definition) is 1. The van der Waals surface area contributed by atoms with Gasteiger partial charge in [-0.25, -0.2) is 0 Å². The van der Waals surface area contributed by atoms with Crippen molar-refractivity contribution in [2.24, 2.45) is 0 Å². The van der Waals surface area contributed by atoms with Crippen LogP contribution in [0.3, 0.4) is 0 Å². The minimum Gasteiger partial charge on any atom is -0.340 e. The van der Waals surface area contributed by atoms with Crippen molar-refractivity contribution < 1.29 is 0 Å². The van der Waals surface area contributed by atoms with Crippen molar-refractivity contribution in [1.82, 2.24) is 9.55 Å². The summed E-state index contributed by atoms with van der Waals surface area (Å²) in [6.07, 6.45) is 11.8. The summed E-state index contributed by atoms with van der Waals surface area (Å²) in [5.74, 6) is 0. The summed E-state index contributed by atoms with van der Waals surface area (Å²) in [6, 6.07) is 15.9. The van der Waals surface area contributed by atoms with Crippen LogP contribution in [-0.4, -0.2) is 16.8 Å². The summed E-state index contributed by atoms with van der Waals surface area (Å²) in [7, 11) is 0.707. The highest BCUT2D eigenvalue weighted by Crippen LogP contribution is 2.27. The third-order valence-electron chi connectivity index (χ3n) is 5.68. The van der Waals surface area contributed by atoms with Gasteiger partial charge in [-0.3, -0.25) is 4.98 Å². The van der Waals surface area contributed by atoms with Gasteiger partial charge in [0.15, 0.2) is 0 Å². The van der Waals surface area contributed by atoms with Gasteiger partial charge in [-0.15, -0.1) is 0 Å². The first kappa shape index (κ1) is 23.7. The van der Waals surface area contributed by atoms with Crippen LogP contribution in [0.4, 0.5) is 0 Å². The van der Waals surface area contributed by atoms with E-state index in [1.54, 1.807) is 0 Å². The Morgan fingerprint density at radius 3 is 2.35 bits per heavy atom. The quantitative estimate of drug-likeness (QED) is 0.172. The molecule has 0 unspecified atom stereocenters. The first-order valence-corrected chi connectivity index (χ1v) is 12.1. The molecule has 0 aliphatic carbocycles. The molecule has 0 radical (unpaired) electrons. The van der Waals surface area contributed by atoms with Crippen LogP contribution in [0, 0.1) is 6.92 Å². The van der Waals surface area contributed by atoms with Crippen LogP contribution in [0.5, 0.6) is 0 Å². The zero-order valence-electron chi connectivity index (χ0n) is 18.6. The normalized spacial score (nSPS) is 11.7. The lowest BCUT2D eigenvalue weighted by Gasteiger charge is -2.13. The number of nitrogens with zero attached hydrogens (tertiary/aromatic N) is 2. The zero-order chi connectivity index (χ0) is 22.1. The summed E-state index contributed by atoms with van der Waals surface area (Å²) >= 11 is 13.0. The average molecular weight is 453 g/mol. The molecule has 0 spiro atoms. The van der Waals surface area contributed by atoms with E-state index in [2.05, 4.69) is 30.6 Å². The maximum absolute atomic E-state index is 6.58. The molecular weight excluding hydrogens is 422 g/mol. The van der Waals surface area contributed by atoms with Crippen molar-refractivity contribution in [2.75, 3.05) is 0 Å². The van der Waals surface area contributed by atoms with Gasteiger partial charge in [0.25, 0.3) is 0 Å². The van der Waals surface area contributed by atoms with E-state index in [0.29, 0.717) is 7.28 Å². The number of aryl methyl sites for hydroxylation is 1. The Bertz CT molecular complexity index is 1010. The highest BCUT2D eigenvalue weighted by molar-refractivity contribution is 6.73. The lowest BCUT2D eigenvalue weighted by molar-refractivity contribution is 0.558. The van der Waals surface area contributed by atoms with Crippen LogP contribution in [-0.2, 0) is 6.54 Å². The topological polar surface area (TPSA) is 17.8 Å². The summed E-state index contributed by atoms with van der Waals surface area (Å²) in [4.78, 5) is 4.75. The van der Waals surface area contributed by atoms with Crippen molar-refractivity contribution in [3.8, 4) is 0 Å². The van der Waals surface area contributed by atoms with E-state index in [1.165, 1.54) is 44.2 Å². The van der Waals surface area contributed by atoms with Crippen LogP contribution in [0.25, 0.3) is 11.5 Å². The van der Waals surface area contributed by atoms with E-state index in [0.717, 1.165) is 38.9 Å². The van der Waals surface area contributed by atoms with E-state index in [-0.39, 0.29) is 0 Å². The Labute approximate surface area is 197 Å². The monoisotopic (exact) mass is 452 g/mol. The molecule has 0 N–H and O–H groups in total. The number of hydrogen-bond donors (Lipinski definition) is 0. The van der Waals surface area contributed by atoms with Crippen LogP contribution < -0.4 is 5.72 Å². The molecule has 162 valence electrons. The molecule has 1 heterocycles. The van der Waals surface area contributed by atoms with Crippen LogP contribution in [0.1, 0.15) is 62.3 Å². The second kappa shape index (κ2) is 12.2. The van der Waals surface area contributed by atoms with E-state index in [1.807, 2.05) is 48.7 Å². The standard InChI is InChI=1S/C26H31BCl2N2/c1-3-4-5-6-7-12-17-31-20(2)19-30-26(31)27-23(22-14-9-11-16-25(22)29)18-21-13-8-10-15-24(21)28/h8-11,13-16,18-19,27H,3-7,12,17H2,1-2H3.